The Bertz CT molecular complexity index is 262. The number of rotatable bonds is 2. The zero-order chi connectivity index (χ0) is 10.7. The van der Waals surface area contributed by atoms with Gasteiger partial charge in [0.05, 0.1) is 6.04 Å². The lowest BCUT2D eigenvalue weighted by atomic mass is 10.0. The maximum absolute atomic E-state index is 11.9. The molecule has 1 aliphatic heterocycles. The van der Waals surface area contributed by atoms with Gasteiger partial charge in [0.15, 0.2) is 0 Å². The van der Waals surface area contributed by atoms with Crippen LogP contribution in [0.3, 0.4) is 0 Å². The zero-order valence-electron chi connectivity index (χ0n) is 9.06. The van der Waals surface area contributed by atoms with Crippen LogP contribution in [0.2, 0.25) is 0 Å². The molecule has 0 saturated carbocycles. The molecule has 1 fully saturated rings. The number of allylic oxidation sites excluding steroid dienone is 1. The van der Waals surface area contributed by atoms with Crippen LogP contribution in [0.4, 0.5) is 0 Å². The first kappa shape index (κ1) is 10.7. The lowest BCUT2D eigenvalue weighted by molar-refractivity contribution is -0.133. The summed E-state index contributed by atoms with van der Waals surface area (Å²) in [5.74, 6) is 0.495. The molecule has 1 saturated heterocycles. The number of carbonyl (C=O) groups is 1. The van der Waals surface area contributed by atoms with E-state index in [1.165, 1.54) is 0 Å². The van der Waals surface area contributed by atoms with Crippen LogP contribution in [0.1, 0.15) is 32.1 Å². The molecule has 0 unspecified atom stereocenters. The number of aliphatic hydroxyl groups is 1. The van der Waals surface area contributed by atoms with Crippen molar-refractivity contribution in [1.29, 1.82) is 0 Å². The predicted octanol–water partition coefficient (Wildman–Crippen LogP) is 1.33. The molecule has 2 atom stereocenters. The molecular weight excluding hydrogens is 190 g/mol. The van der Waals surface area contributed by atoms with Crippen LogP contribution in [0.25, 0.3) is 0 Å². The molecule has 0 aromatic heterocycles. The minimum atomic E-state index is 0.153. The van der Waals surface area contributed by atoms with Crippen LogP contribution in [-0.2, 0) is 4.79 Å². The van der Waals surface area contributed by atoms with Crippen molar-refractivity contribution in [3.63, 3.8) is 0 Å². The van der Waals surface area contributed by atoms with E-state index in [4.69, 9.17) is 0 Å². The van der Waals surface area contributed by atoms with Gasteiger partial charge in [0.2, 0.25) is 5.91 Å². The molecule has 0 aromatic rings. The Kier molecular flexibility index (Phi) is 3.41. The highest BCUT2D eigenvalue weighted by molar-refractivity contribution is 5.77. The fourth-order valence-corrected chi connectivity index (χ4v) is 2.55. The van der Waals surface area contributed by atoms with E-state index in [1.807, 2.05) is 4.90 Å². The average molecular weight is 209 g/mol. The molecule has 2 rings (SSSR count). The van der Waals surface area contributed by atoms with Crippen LogP contribution in [0, 0.1) is 5.92 Å². The summed E-state index contributed by atoms with van der Waals surface area (Å²) in [7, 11) is 0. The molecule has 1 amide bonds. The maximum atomic E-state index is 11.9. The summed E-state index contributed by atoms with van der Waals surface area (Å²) in [4.78, 5) is 13.8. The van der Waals surface area contributed by atoms with Crippen LogP contribution in [0.5, 0.6) is 0 Å². The molecule has 1 aliphatic carbocycles. The van der Waals surface area contributed by atoms with Gasteiger partial charge in [-0.25, -0.2) is 0 Å². The quantitative estimate of drug-likeness (QED) is 0.697. The van der Waals surface area contributed by atoms with Crippen molar-refractivity contribution in [2.75, 3.05) is 13.2 Å². The normalized spacial score (nSPS) is 32.1. The second kappa shape index (κ2) is 4.79. The average Bonchev–Trinajstić information content (AvgIpc) is 2.61. The fourth-order valence-electron chi connectivity index (χ4n) is 2.55. The molecule has 15 heavy (non-hydrogen) atoms. The zero-order valence-corrected chi connectivity index (χ0v) is 9.06. The molecule has 0 radical (unpaired) electrons. The largest absolute Gasteiger partial charge is 0.396 e. The summed E-state index contributed by atoms with van der Waals surface area (Å²) in [6.45, 7) is 1.05. The van der Waals surface area contributed by atoms with Crippen molar-refractivity contribution in [3.05, 3.63) is 12.2 Å². The fraction of sp³-hybridized carbons (Fsp3) is 0.750. The topological polar surface area (TPSA) is 40.5 Å². The SMILES string of the molecule is O=C1CCCCCN1[C@@H]1C=CC[C@@H]1CO. The Morgan fingerprint density at radius 2 is 2.27 bits per heavy atom. The van der Waals surface area contributed by atoms with Gasteiger partial charge in [-0.2, -0.15) is 0 Å². The third-order valence-corrected chi connectivity index (χ3v) is 3.46. The highest BCUT2D eigenvalue weighted by atomic mass is 16.3. The summed E-state index contributed by atoms with van der Waals surface area (Å²) in [6.07, 6.45) is 9.05. The number of nitrogens with zero attached hydrogens (tertiary/aromatic N) is 1. The third kappa shape index (κ3) is 2.23. The lowest BCUT2D eigenvalue weighted by Crippen LogP contribution is -2.42. The molecule has 0 bridgehead atoms. The van der Waals surface area contributed by atoms with Crippen molar-refractivity contribution in [2.24, 2.45) is 5.92 Å². The van der Waals surface area contributed by atoms with Crippen molar-refractivity contribution < 1.29 is 9.90 Å². The monoisotopic (exact) mass is 209 g/mol. The second-order valence-electron chi connectivity index (χ2n) is 4.49. The number of amides is 1. The first-order valence-corrected chi connectivity index (χ1v) is 5.90. The molecule has 84 valence electrons. The highest BCUT2D eigenvalue weighted by Crippen LogP contribution is 2.26. The van der Waals surface area contributed by atoms with Crippen LogP contribution in [0.15, 0.2) is 12.2 Å². The summed E-state index contributed by atoms with van der Waals surface area (Å²) in [5, 5.41) is 9.25. The standard InChI is InChI=1S/C12H19NO2/c14-9-10-5-4-6-11(10)13-8-3-1-2-7-12(13)15/h4,6,10-11,14H,1-3,5,7-9H2/t10-,11-/m1/s1. The van der Waals surface area contributed by atoms with Crippen LogP contribution >= 0.6 is 0 Å². The first-order chi connectivity index (χ1) is 7.33. The lowest BCUT2D eigenvalue weighted by Gasteiger charge is -2.30. The van der Waals surface area contributed by atoms with Crippen LogP contribution < -0.4 is 0 Å². The van der Waals surface area contributed by atoms with E-state index in [-0.39, 0.29) is 24.5 Å². The summed E-state index contributed by atoms with van der Waals surface area (Å²) >= 11 is 0. The Balaban J connectivity index is 2.06. The van der Waals surface area contributed by atoms with Crippen molar-refractivity contribution in [2.45, 2.75) is 38.1 Å². The van der Waals surface area contributed by atoms with Crippen LogP contribution in [-0.4, -0.2) is 35.1 Å². The Hall–Kier alpha value is -0.830. The van der Waals surface area contributed by atoms with Gasteiger partial charge in [-0.1, -0.05) is 18.6 Å². The van der Waals surface area contributed by atoms with Gasteiger partial charge in [-0.15, -0.1) is 0 Å². The predicted molar refractivity (Wildman–Crippen MR) is 58.3 cm³/mol. The van der Waals surface area contributed by atoms with E-state index in [0.717, 1.165) is 32.2 Å². The molecule has 0 aromatic carbocycles. The molecule has 3 nitrogen and oxygen atoms in total. The first-order valence-electron chi connectivity index (χ1n) is 5.90. The minimum absolute atomic E-state index is 0.153. The van der Waals surface area contributed by atoms with E-state index in [9.17, 15) is 9.90 Å². The molecule has 3 heteroatoms. The van der Waals surface area contributed by atoms with Gasteiger partial charge >= 0.3 is 0 Å². The second-order valence-corrected chi connectivity index (χ2v) is 4.49. The molecule has 1 N–H and O–H groups in total. The number of carbonyl (C=O) groups excluding carboxylic acids is 1. The van der Waals surface area contributed by atoms with Crippen molar-refractivity contribution >= 4 is 5.91 Å². The Morgan fingerprint density at radius 3 is 3.07 bits per heavy atom. The van der Waals surface area contributed by atoms with E-state index in [0.29, 0.717) is 6.42 Å². The Labute approximate surface area is 90.8 Å². The Morgan fingerprint density at radius 1 is 1.40 bits per heavy atom. The highest BCUT2D eigenvalue weighted by Gasteiger charge is 2.31. The molecule has 0 spiro atoms. The smallest absolute Gasteiger partial charge is 0.223 e. The van der Waals surface area contributed by atoms with Gasteiger partial charge in [0, 0.05) is 25.5 Å². The number of hydrogen-bond acceptors (Lipinski definition) is 2. The van der Waals surface area contributed by atoms with E-state index in [2.05, 4.69) is 12.2 Å². The maximum Gasteiger partial charge on any atom is 0.223 e. The van der Waals surface area contributed by atoms with E-state index >= 15 is 0 Å². The van der Waals surface area contributed by atoms with Gasteiger partial charge < -0.3 is 10.0 Å². The van der Waals surface area contributed by atoms with Gasteiger partial charge in [-0.3, -0.25) is 4.79 Å². The molecular formula is C12H19NO2. The molecule has 2 aliphatic rings. The van der Waals surface area contributed by atoms with Gasteiger partial charge in [0.1, 0.15) is 0 Å². The van der Waals surface area contributed by atoms with E-state index < -0.39 is 0 Å². The number of aliphatic hydroxyl groups excluding tert-OH is 1. The summed E-state index contributed by atoms with van der Waals surface area (Å²) in [5.41, 5.74) is 0. The summed E-state index contributed by atoms with van der Waals surface area (Å²) in [6, 6.07) is 0.153. The summed E-state index contributed by atoms with van der Waals surface area (Å²) < 4.78 is 0. The number of hydrogen-bond donors (Lipinski definition) is 1. The molecule has 1 heterocycles. The van der Waals surface area contributed by atoms with Gasteiger partial charge in [-0.05, 0) is 19.3 Å². The van der Waals surface area contributed by atoms with Crippen molar-refractivity contribution in [3.8, 4) is 0 Å². The minimum Gasteiger partial charge on any atom is -0.396 e. The van der Waals surface area contributed by atoms with E-state index in [1.54, 1.807) is 0 Å². The van der Waals surface area contributed by atoms with Crippen molar-refractivity contribution in [1.82, 2.24) is 4.90 Å². The third-order valence-electron chi connectivity index (χ3n) is 3.46. The van der Waals surface area contributed by atoms with Gasteiger partial charge in [0.25, 0.3) is 0 Å². The number of likely N-dealkylation sites (tertiary alicyclic amines) is 1.